The summed E-state index contributed by atoms with van der Waals surface area (Å²) in [6.07, 6.45) is -1.89. The number of alkyl halides is 3. The number of hydrogen-bond donors (Lipinski definition) is 0. The van der Waals surface area contributed by atoms with Crippen LogP contribution >= 0.6 is 0 Å². The van der Waals surface area contributed by atoms with Crippen LogP contribution in [0.15, 0.2) is 24.3 Å². The van der Waals surface area contributed by atoms with E-state index in [0.29, 0.717) is 38.3 Å². The third-order valence-corrected chi connectivity index (χ3v) is 4.69. The molecule has 2 atom stereocenters. The van der Waals surface area contributed by atoms with Gasteiger partial charge in [0.2, 0.25) is 5.91 Å². The number of hydrogen-bond acceptors (Lipinski definition) is 2. The summed E-state index contributed by atoms with van der Waals surface area (Å²) in [5, 5.41) is 0. The first-order valence-electron chi connectivity index (χ1n) is 7.99. The fourth-order valence-electron chi connectivity index (χ4n) is 3.40. The van der Waals surface area contributed by atoms with Crippen molar-refractivity contribution < 1.29 is 22.7 Å². The Hall–Kier alpha value is -1.56. The molecule has 0 bridgehead atoms. The maximum atomic E-state index is 12.8. The molecular formula is C17H20F3NO2. The van der Waals surface area contributed by atoms with E-state index in [0.717, 1.165) is 18.9 Å². The summed E-state index contributed by atoms with van der Waals surface area (Å²) in [6.45, 7) is 2.27. The molecule has 126 valence electrons. The minimum atomic E-state index is -4.33. The van der Waals surface area contributed by atoms with Gasteiger partial charge in [-0.15, -0.1) is 0 Å². The number of nitrogens with zero attached hydrogens (tertiary/aromatic N) is 1. The van der Waals surface area contributed by atoms with Crippen LogP contribution < -0.4 is 0 Å². The second-order valence-electron chi connectivity index (χ2n) is 6.31. The van der Waals surface area contributed by atoms with Gasteiger partial charge in [-0.05, 0) is 30.9 Å². The van der Waals surface area contributed by atoms with Gasteiger partial charge in [0, 0.05) is 25.6 Å². The summed E-state index contributed by atoms with van der Waals surface area (Å²) in [6, 6.07) is 5.46. The van der Waals surface area contributed by atoms with Crippen LogP contribution in [0.25, 0.3) is 0 Å². The second kappa shape index (κ2) is 6.51. The fourth-order valence-corrected chi connectivity index (χ4v) is 3.40. The molecule has 1 aromatic carbocycles. The predicted octanol–water partition coefficient (Wildman–Crippen LogP) is 3.45. The van der Waals surface area contributed by atoms with Crippen LogP contribution in [0, 0.1) is 5.92 Å². The summed E-state index contributed by atoms with van der Waals surface area (Å²) in [5.41, 5.74) is 0.0375. The van der Waals surface area contributed by atoms with Crippen molar-refractivity contribution >= 4 is 5.91 Å². The summed E-state index contributed by atoms with van der Waals surface area (Å²) >= 11 is 0. The molecule has 2 saturated heterocycles. The Kier molecular flexibility index (Phi) is 4.62. The molecule has 0 spiro atoms. The van der Waals surface area contributed by atoms with E-state index in [2.05, 4.69) is 0 Å². The molecule has 2 aliphatic rings. The lowest BCUT2D eigenvalue weighted by Crippen LogP contribution is -2.38. The highest BCUT2D eigenvalue weighted by Gasteiger charge is 2.34. The Bertz CT molecular complexity index is 567. The van der Waals surface area contributed by atoms with Crippen molar-refractivity contribution in [1.29, 1.82) is 0 Å². The lowest BCUT2D eigenvalue weighted by molar-refractivity contribution is -0.139. The van der Waals surface area contributed by atoms with E-state index in [-0.39, 0.29) is 17.7 Å². The standard InChI is InChI=1S/C17H20F3NO2/c18-17(19,20)15-5-1-3-12(9-15)13-6-7-21(10-13)16(22)14-4-2-8-23-11-14/h1,3,5,9,13-14H,2,4,6-8,10-11H2/t13-,14-/m1/s1. The molecule has 2 heterocycles. The van der Waals surface area contributed by atoms with Crippen molar-refractivity contribution in [3.63, 3.8) is 0 Å². The van der Waals surface area contributed by atoms with Gasteiger partial charge < -0.3 is 9.64 Å². The monoisotopic (exact) mass is 327 g/mol. The molecule has 23 heavy (non-hydrogen) atoms. The van der Waals surface area contributed by atoms with Crippen LogP contribution in [0.4, 0.5) is 13.2 Å². The van der Waals surface area contributed by atoms with Crippen molar-refractivity contribution in [2.24, 2.45) is 5.92 Å². The van der Waals surface area contributed by atoms with E-state index in [4.69, 9.17) is 4.74 Å². The highest BCUT2D eigenvalue weighted by Crippen LogP contribution is 2.34. The Morgan fingerprint density at radius 1 is 1.26 bits per heavy atom. The number of carbonyl (C=O) groups excluding carboxylic acids is 1. The Morgan fingerprint density at radius 2 is 2.09 bits per heavy atom. The van der Waals surface area contributed by atoms with Crippen molar-refractivity contribution in [2.75, 3.05) is 26.3 Å². The topological polar surface area (TPSA) is 29.5 Å². The molecule has 0 radical (unpaired) electrons. The van der Waals surface area contributed by atoms with Crippen LogP contribution in [0.2, 0.25) is 0 Å². The van der Waals surface area contributed by atoms with Gasteiger partial charge in [-0.2, -0.15) is 13.2 Å². The largest absolute Gasteiger partial charge is 0.416 e. The highest BCUT2D eigenvalue weighted by atomic mass is 19.4. The van der Waals surface area contributed by atoms with Gasteiger partial charge in [0.15, 0.2) is 0 Å². The number of benzene rings is 1. The van der Waals surface area contributed by atoms with E-state index >= 15 is 0 Å². The summed E-state index contributed by atoms with van der Waals surface area (Å²) < 4.78 is 43.8. The molecule has 0 unspecified atom stereocenters. The van der Waals surface area contributed by atoms with E-state index < -0.39 is 11.7 Å². The van der Waals surface area contributed by atoms with Gasteiger partial charge in [0.1, 0.15) is 0 Å². The number of likely N-dealkylation sites (tertiary alicyclic amines) is 1. The lowest BCUT2D eigenvalue weighted by Gasteiger charge is -2.26. The molecule has 0 N–H and O–H groups in total. The van der Waals surface area contributed by atoms with Crippen LogP contribution in [0.1, 0.15) is 36.3 Å². The van der Waals surface area contributed by atoms with Gasteiger partial charge in [0.25, 0.3) is 0 Å². The fraction of sp³-hybridized carbons (Fsp3) is 0.588. The molecule has 6 heteroatoms. The SMILES string of the molecule is O=C([C@@H]1CCCOC1)N1CC[C@@H](c2cccc(C(F)(F)F)c2)C1. The Labute approximate surface area is 133 Å². The number of amides is 1. The number of rotatable bonds is 2. The zero-order chi connectivity index (χ0) is 16.4. The summed E-state index contributed by atoms with van der Waals surface area (Å²) in [5.74, 6) is -0.0334. The molecule has 1 amide bonds. The van der Waals surface area contributed by atoms with Gasteiger partial charge >= 0.3 is 6.18 Å². The molecule has 0 aliphatic carbocycles. The van der Waals surface area contributed by atoms with Crippen LogP contribution in [-0.4, -0.2) is 37.1 Å². The molecule has 3 rings (SSSR count). The number of carbonyl (C=O) groups is 1. The molecule has 3 nitrogen and oxygen atoms in total. The van der Waals surface area contributed by atoms with Gasteiger partial charge in [-0.1, -0.05) is 18.2 Å². The number of ether oxygens (including phenoxy) is 1. The first-order chi connectivity index (χ1) is 10.9. The van der Waals surface area contributed by atoms with Gasteiger partial charge in [0.05, 0.1) is 18.1 Å². The van der Waals surface area contributed by atoms with E-state index in [1.165, 1.54) is 12.1 Å². The van der Waals surface area contributed by atoms with E-state index in [1.54, 1.807) is 11.0 Å². The van der Waals surface area contributed by atoms with Crippen LogP contribution in [0.5, 0.6) is 0 Å². The van der Waals surface area contributed by atoms with Gasteiger partial charge in [-0.25, -0.2) is 0 Å². The van der Waals surface area contributed by atoms with Crippen LogP contribution in [-0.2, 0) is 15.7 Å². The third kappa shape index (κ3) is 3.68. The minimum absolute atomic E-state index is 0.0224. The average molecular weight is 327 g/mol. The average Bonchev–Trinajstić information content (AvgIpc) is 3.04. The van der Waals surface area contributed by atoms with Crippen LogP contribution in [0.3, 0.4) is 0 Å². The maximum Gasteiger partial charge on any atom is 0.416 e. The normalized spacial score (nSPS) is 25.6. The first-order valence-corrected chi connectivity index (χ1v) is 7.99. The van der Waals surface area contributed by atoms with E-state index in [1.807, 2.05) is 0 Å². The minimum Gasteiger partial charge on any atom is -0.381 e. The Morgan fingerprint density at radius 3 is 2.78 bits per heavy atom. The smallest absolute Gasteiger partial charge is 0.381 e. The van der Waals surface area contributed by atoms with Crippen molar-refractivity contribution in [3.8, 4) is 0 Å². The maximum absolute atomic E-state index is 12.8. The molecule has 2 fully saturated rings. The highest BCUT2D eigenvalue weighted by molar-refractivity contribution is 5.79. The molecular weight excluding hydrogens is 307 g/mol. The van der Waals surface area contributed by atoms with E-state index in [9.17, 15) is 18.0 Å². The molecule has 0 saturated carbocycles. The van der Waals surface area contributed by atoms with Crippen molar-refractivity contribution in [2.45, 2.75) is 31.4 Å². The number of halogens is 3. The van der Waals surface area contributed by atoms with Crippen molar-refractivity contribution in [3.05, 3.63) is 35.4 Å². The second-order valence-corrected chi connectivity index (χ2v) is 6.31. The quantitative estimate of drug-likeness (QED) is 0.833. The zero-order valence-electron chi connectivity index (χ0n) is 12.8. The summed E-state index contributed by atoms with van der Waals surface area (Å²) in [7, 11) is 0. The summed E-state index contributed by atoms with van der Waals surface area (Å²) in [4.78, 5) is 14.3. The molecule has 1 aromatic rings. The van der Waals surface area contributed by atoms with Gasteiger partial charge in [-0.3, -0.25) is 4.79 Å². The lowest BCUT2D eigenvalue weighted by atomic mass is 9.96. The molecule has 2 aliphatic heterocycles. The van der Waals surface area contributed by atoms with Crippen molar-refractivity contribution in [1.82, 2.24) is 4.90 Å². The molecule has 0 aromatic heterocycles. The first kappa shape index (κ1) is 16.3. The zero-order valence-corrected chi connectivity index (χ0v) is 12.8. The third-order valence-electron chi connectivity index (χ3n) is 4.69. The Balaban J connectivity index is 1.66. The predicted molar refractivity (Wildman–Crippen MR) is 78.9 cm³/mol.